The summed E-state index contributed by atoms with van der Waals surface area (Å²) in [5.74, 6) is 0.408. The first-order valence-corrected chi connectivity index (χ1v) is 7.30. The largest absolute Gasteiger partial charge is 0.391 e. The zero-order chi connectivity index (χ0) is 16.0. The maximum absolute atomic E-state index is 11.8. The third kappa shape index (κ3) is 6.04. The van der Waals surface area contributed by atoms with Crippen LogP contribution in [0, 0.1) is 12.8 Å². The lowest BCUT2D eigenvalue weighted by Gasteiger charge is -2.17. The van der Waals surface area contributed by atoms with E-state index in [-0.39, 0.29) is 12.6 Å². The van der Waals surface area contributed by atoms with Gasteiger partial charge in [-0.1, -0.05) is 13.8 Å². The molecule has 3 N–H and O–H groups in total. The molecule has 118 valence electrons. The monoisotopic (exact) mass is 293 g/mol. The number of hydrogen-bond acceptors (Lipinski definition) is 3. The lowest BCUT2D eigenvalue weighted by Crippen LogP contribution is -2.35. The Bertz CT molecular complexity index is 473. The molecule has 5 heteroatoms. The summed E-state index contributed by atoms with van der Waals surface area (Å²) in [7, 11) is 3.95. The minimum absolute atomic E-state index is 0.263. The fourth-order valence-electron chi connectivity index (χ4n) is 2.07. The maximum Gasteiger partial charge on any atom is 0.319 e. The van der Waals surface area contributed by atoms with E-state index in [1.807, 2.05) is 58.0 Å². The van der Waals surface area contributed by atoms with Crippen LogP contribution in [-0.2, 0) is 0 Å². The number of aliphatic hydroxyl groups excluding tert-OH is 1. The molecule has 0 radical (unpaired) electrons. The van der Waals surface area contributed by atoms with Gasteiger partial charge in [0.05, 0.1) is 6.10 Å². The second kappa shape index (κ2) is 7.88. The van der Waals surface area contributed by atoms with E-state index in [4.69, 9.17) is 0 Å². The number of aliphatic hydroxyl groups is 1. The Balaban J connectivity index is 2.51. The molecule has 0 aliphatic rings. The van der Waals surface area contributed by atoms with Gasteiger partial charge in [0.2, 0.25) is 0 Å². The number of benzene rings is 1. The predicted octanol–water partition coefficient (Wildman–Crippen LogP) is 2.59. The Hall–Kier alpha value is -1.75. The number of urea groups is 1. The van der Waals surface area contributed by atoms with Crippen LogP contribution in [0.15, 0.2) is 18.2 Å². The van der Waals surface area contributed by atoms with Gasteiger partial charge >= 0.3 is 6.03 Å². The molecule has 0 aromatic heterocycles. The molecule has 0 saturated carbocycles. The second-order valence-electron chi connectivity index (χ2n) is 6.01. The summed E-state index contributed by atoms with van der Waals surface area (Å²) in [6.45, 7) is 6.30. The smallest absolute Gasteiger partial charge is 0.319 e. The minimum Gasteiger partial charge on any atom is -0.391 e. The Morgan fingerprint density at radius 3 is 2.52 bits per heavy atom. The van der Waals surface area contributed by atoms with Crippen LogP contribution in [0.2, 0.25) is 0 Å². The van der Waals surface area contributed by atoms with Crippen molar-refractivity contribution >= 4 is 17.4 Å². The molecule has 0 bridgehead atoms. The highest BCUT2D eigenvalue weighted by molar-refractivity contribution is 5.90. The van der Waals surface area contributed by atoms with Crippen LogP contribution in [0.25, 0.3) is 0 Å². The molecule has 0 heterocycles. The summed E-state index contributed by atoms with van der Waals surface area (Å²) in [6, 6.07) is 5.56. The molecule has 0 fully saturated rings. The van der Waals surface area contributed by atoms with Crippen molar-refractivity contribution in [3.8, 4) is 0 Å². The van der Waals surface area contributed by atoms with Crippen molar-refractivity contribution in [1.82, 2.24) is 5.32 Å². The molecule has 1 rings (SSSR count). The average molecular weight is 293 g/mol. The first kappa shape index (κ1) is 17.3. The summed E-state index contributed by atoms with van der Waals surface area (Å²) < 4.78 is 0. The van der Waals surface area contributed by atoms with Gasteiger partial charge in [-0.25, -0.2) is 4.79 Å². The number of nitrogens with one attached hydrogen (secondary N) is 2. The summed E-state index contributed by atoms with van der Waals surface area (Å²) in [5, 5.41) is 15.2. The van der Waals surface area contributed by atoms with Crippen molar-refractivity contribution in [2.75, 3.05) is 30.9 Å². The van der Waals surface area contributed by atoms with E-state index in [9.17, 15) is 9.90 Å². The molecule has 0 aliphatic heterocycles. The number of carbonyl (C=O) groups excluding carboxylic acids is 1. The van der Waals surface area contributed by atoms with Crippen LogP contribution in [0.3, 0.4) is 0 Å². The Kier molecular flexibility index (Phi) is 6.49. The fourth-order valence-corrected chi connectivity index (χ4v) is 2.07. The number of amides is 2. The van der Waals surface area contributed by atoms with Gasteiger partial charge in [0, 0.05) is 32.0 Å². The van der Waals surface area contributed by atoms with E-state index in [0.29, 0.717) is 12.3 Å². The molecule has 2 amide bonds. The fraction of sp³-hybridized carbons (Fsp3) is 0.562. The second-order valence-corrected chi connectivity index (χ2v) is 6.01. The minimum atomic E-state index is -0.507. The summed E-state index contributed by atoms with van der Waals surface area (Å²) in [6.07, 6.45) is 0.171. The highest BCUT2D eigenvalue weighted by Crippen LogP contribution is 2.21. The molecular formula is C16H27N3O2. The molecule has 0 aliphatic carbocycles. The summed E-state index contributed by atoms with van der Waals surface area (Å²) in [4.78, 5) is 13.8. The highest BCUT2D eigenvalue weighted by Gasteiger charge is 2.10. The highest BCUT2D eigenvalue weighted by atomic mass is 16.3. The van der Waals surface area contributed by atoms with Crippen molar-refractivity contribution in [2.45, 2.75) is 33.3 Å². The molecule has 0 spiro atoms. The number of hydrogen-bond donors (Lipinski definition) is 3. The topological polar surface area (TPSA) is 64.6 Å². The van der Waals surface area contributed by atoms with Crippen molar-refractivity contribution in [3.63, 3.8) is 0 Å². The first-order chi connectivity index (χ1) is 9.79. The third-order valence-corrected chi connectivity index (χ3v) is 3.22. The van der Waals surface area contributed by atoms with Crippen LogP contribution in [0.1, 0.15) is 25.8 Å². The lowest BCUT2D eigenvalue weighted by molar-refractivity contribution is 0.148. The Morgan fingerprint density at radius 2 is 2.00 bits per heavy atom. The molecule has 0 saturated heterocycles. The van der Waals surface area contributed by atoms with Gasteiger partial charge in [-0.15, -0.1) is 0 Å². The lowest BCUT2D eigenvalue weighted by atomic mass is 10.1. The van der Waals surface area contributed by atoms with Crippen LogP contribution in [0.5, 0.6) is 0 Å². The Morgan fingerprint density at radius 1 is 1.33 bits per heavy atom. The maximum atomic E-state index is 11.8. The molecule has 1 aromatic carbocycles. The molecule has 5 nitrogen and oxygen atoms in total. The molecule has 1 atom stereocenters. The van der Waals surface area contributed by atoms with E-state index in [0.717, 1.165) is 16.9 Å². The van der Waals surface area contributed by atoms with Crippen molar-refractivity contribution < 1.29 is 9.90 Å². The van der Waals surface area contributed by atoms with Gasteiger partial charge in [0.1, 0.15) is 0 Å². The van der Waals surface area contributed by atoms with Gasteiger partial charge in [0.25, 0.3) is 0 Å². The van der Waals surface area contributed by atoms with E-state index in [2.05, 4.69) is 10.6 Å². The van der Waals surface area contributed by atoms with Gasteiger partial charge < -0.3 is 20.6 Å². The van der Waals surface area contributed by atoms with Crippen molar-refractivity contribution in [1.29, 1.82) is 0 Å². The SMILES string of the molecule is Cc1cc(N(C)C)ccc1NC(=O)NCC(O)CC(C)C. The number of nitrogens with zero attached hydrogens (tertiary/aromatic N) is 1. The number of rotatable bonds is 6. The van der Waals surface area contributed by atoms with E-state index >= 15 is 0 Å². The van der Waals surface area contributed by atoms with E-state index in [1.54, 1.807) is 0 Å². The first-order valence-electron chi connectivity index (χ1n) is 7.30. The van der Waals surface area contributed by atoms with Crippen LogP contribution in [-0.4, -0.2) is 37.9 Å². The zero-order valence-electron chi connectivity index (χ0n) is 13.6. The molecule has 1 unspecified atom stereocenters. The normalized spacial score (nSPS) is 12.1. The number of carbonyl (C=O) groups is 1. The summed E-state index contributed by atoms with van der Waals surface area (Å²) in [5.41, 5.74) is 2.86. The number of anilines is 2. The summed E-state index contributed by atoms with van der Waals surface area (Å²) >= 11 is 0. The van der Waals surface area contributed by atoms with Crippen LogP contribution in [0.4, 0.5) is 16.2 Å². The van der Waals surface area contributed by atoms with E-state index in [1.165, 1.54) is 0 Å². The van der Waals surface area contributed by atoms with Crippen LogP contribution < -0.4 is 15.5 Å². The molecule has 21 heavy (non-hydrogen) atoms. The standard InChI is InChI=1S/C16H27N3O2/c1-11(2)8-14(20)10-17-16(21)18-15-7-6-13(19(4)5)9-12(15)3/h6-7,9,11,14,20H,8,10H2,1-5H3,(H2,17,18,21). The molecule has 1 aromatic rings. The molecular weight excluding hydrogens is 266 g/mol. The predicted molar refractivity (Wildman–Crippen MR) is 88.0 cm³/mol. The van der Waals surface area contributed by atoms with Gasteiger partial charge in [-0.2, -0.15) is 0 Å². The number of aryl methyl sites for hydroxylation is 1. The average Bonchev–Trinajstić information content (AvgIpc) is 2.37. The quantitative estimate of drug-likeness (QED) is 0.755. The van der Waals surface area contributed by atoms with Gasteiger partial charge in [-0.05, 0) is 43.0 Å². The van der Waals surface area contributed by atoms with Crippen molar-refractivity contribution in [3.05, 3.63) is 23.8 Å². The van der Waals surface area contributed by atoms with Gasteiger partial charge in [0.15, 0.2) is 0 Å². The van der Waals surface area contributed by atoms with E-state index < -0.39 is 6.10 Å². The van der Waals surface area contributed by atoms with Crippen molar-refractivity contribution in [2.24, 2.45) is 5.92 Å². The Labute approximate surface area is 127 Å². The van der Waals surface area contributed by atoms with Gasteiger partial charge in [-0.3, -0.25) is 0 Å². The zero-order valence-corrected chi connectivity index (χ0v) is 13.6. The third-order valence-electron chi connectivity index (χ3n) is 3.22. The van der Waals surface area contributed by atoms with Crippen LogP contribution >= 0.6 is 0 Å².